The molecular formula is C25H25IN2O4S. The Kier molecular flexibility index (Phi) is 9.13. The van der Waals surface area contributed by atoms with Crippen molar-refractivity contribution < 1.29 is 19.4 Å². The maximum Gasteiger partial charge on any atom is 0.326 e. The molecule has 0 aliphatic heterocycles. The molecule has 0 aliphatic rings. The summed E-state index contributed by atoms with van der Waals surface area (Å²) in [7, 11) is 0. The summed E-state index contributed by atoms with van der Waals surface area (Å²) < 4.78 is 6.74. The van der Waals surface area contributed by atoms with Crippen molar-refractivity contribution in [2.24, 2.45) is 0 Å². The van der Waals surface area contributed by atoms with Crippen LogP contribution in [0.5, 0.6) is 5.75 Å². The number of carboxylic acid groups (broad SMARTS) is 1. The molecule has 0 saturated heterocycles. The Morgan fingerprint density at radius 2 is 1.97 bits per heavy atom. The van der Waals surface area contributed by atoms with Gasteiger partial charge in [-0.1, -0.05) is 24.3 Å². The predicted molar refractivity (Wildman–Crippen MR) is 140 cm³/mol. The second-order valence-electron chi connectivity index (χ2n) is 7.43. The highest BCUT2D eigenvalue weighted by molar-refractivity contribution is 14.1. The van der Waals surface area contributed by atoms with E-state index in [9.17, 15) is 14.7 Å². The lowest BCUT2D eigenvalue weighted by atomic mass is 9.93. The van der Waals surface area contributed by atoms with Crippen LogP contribution in [-0.2, 0) is 11.4 Å². The van der Waals surface area contributed by atoms with Crippen LogP contribution in [-0.4, -0.2) is 40.0 Å². The van der Waals surface area contributed by atoms with E-state index in [4.69, 9.17) is 4.74 Å². The van der Waals surface area contributed by atoms with Gasteiger partial charge in [0.15, 0.2) is 0 Å². The second kappa shape index (κ2) is 12.0. The van der Waals surface area contributed by atoms with Crippen LogP contribution in [0.1, 0.15) is 27.9 Å². The molecule has 2 aromatic carbocycles. The molecule has 1 amide bonds. The lowest BCUT2D eigenvalue weighted by Gasteiger charge is -2.19. The summed E-state index contributed by atoms with van der Waals surface area (Å²) in [6.07, 6.45) is 5.60. The molecule has 0 radical (unpaired) electrons. The number of thioether (sulfide) groups is 1. The summed E-state index contributed by atoms with van der Waals surface area (Å²) >= 11 is 3.73. The van der Waals surface area contributed by atoms with E-state index in [1.165, 1.54) is 0 Å². The van der Waals surface area contributed by atoms with Crippen LogP contribution in [0, 0.1) is 10.5 Å². The largest absolute Gasteiger partial charge is 0.487 e. The number of rotatable bonds is 10. The summed E-state index contributed by atoms with van der Waals surface area (Å²) in [4.78, 5) is 29.0. The van der Waals surface area contributed by atoms with Crippen molar-refractivity contribution in [1.82, 2.24) is 10.3 Å². The van der Waals surface area contributed by atoms with Crippen molar-refractivity contribution in [3.8, 4) is 16.9 Å². The molecule has 3 rings (SSSR count). The number of aliphatic carboxylic acids is 1. The van der Waals surface area contributed by atoms with Crippen LogP contribution >= 0.6 is 34.4 Å². The molecule has 0 unspecified atom stereocenters. The van der Waals surface area contributed by atoms with Gasteiger partial charge in [-0.15, -0.1) is 0 Å². The lowest BCUT2D eigenvalue weighted by molar-refractivity contribution is -0.139. The van der Waals surface area contributed by atoms with Crippen LogP contribution in [0.4, 0.5) is 0 Å². The number of hydrogen-bond acceptors (Lipinski definition) is 5. The van der Waals surface area contributed by atoms with E-state index >= 15 is 0 Å². The van der Waals surface area contributed by atoms with Crippen LogP contribution in [0.15, 0.2) is 60.9 Å². The average Bonchev–Trinajstić information content (AvgIpc) is 2.81. The molecule has 6 nitrogen and oxygen atoms in total. The zero-order chi connectivity index (χ0) is 23.8. The summed E-state index contributed by atoms with van der Waals surface area (Å²) in [5.74, 6) is -0.138. The fourth-order valence-corrected chi connectivity index (χ4v) is 4.43. The maximum atomic E-state index is 13.2. The molecule has 0 bridgehead atoms. The van der Waals surface area contributed by atoms with Gasteiger partial charge in [-0.25, -0.2) is 4.79 Å². The number of carbonyl (C=O) groups excluding carboxylic acids is 1. The highest BCUT2D eigenvalue weighted by Crippen LogP contribution is 2.31. The molecule has 3 aromatic rings. The van der Waals surface area contributed by atoms with Gasteiger partial charge in [0.1, 0.15) is 18.4 Å². The number of carbonyl (C=O) groups is 2. The Bertz CT molecular complexity index is 1120. The third kappa shape index (κ3) is 6.70. The van der Waals surface area contributed by atoms with Gasteiger partial charge < -0.3 is 15.2 Å². The quantitative estimate of drug-likeness (QED) is 0.324. The number of nitrogens with one attached hydrogen (secondary N) is 1. The molecular weight excluding hydrogens is 551 g/mol. The number of halogens is 1. The van der Waals surface area contributed by atoms with Gasteiger partial charge in [-0.2, -0.15) is 11.8 Å². The van der Waals surface area contributed by atoms with E-state index in [-0.39, 0.29) is 0 Å². The van der Waals surface area contributed by atoms with Gasteiger partial charge in [0, 0.05) is 20.9 Å². The Morgan fingerprint density at radius 3 is 2.64 bits per heavy atom. The van der Waals surface area contributed by atoms with Crippen molar-refractivity contribution in [3.05, 3.63) is 81.2 Å². The molecule has 0 fully saturated rings. The molecule has 1 heterocycles. The second-order valence-corrected chi connectivity index (χ2v) is 9.58. The zero-order valence-electron chi connectivity index (χ0n) is 18.4. The number of carboxylic acids is 1. The monoisotopic (exact) mass is 576 g/mol. The number of aromatic nitrogens is 1. The maximum absolute atomic E-state index is 13.2. The first-order valence-electron chi connectivity index (χ1n) is 10.3. The summed E-state index contributed by atoms with van der Waals surface area (Å²) in [5, 5.41) is 12.3. The van der Waals surface area contributed by atoms with E-state index in [2.05, 4.69) is 32.9 Å². The average molecular weight is 576 g/mol. The minimum absolute atomic E-state index is 0.316. The van der Waals surface area contributed by atoms with Gasteiger partial charge in [0.05, 0.1) is 6.20 Å². The highest BCUT2D eigenvalue weighted by atomic mass is 127. The summed E-state index contributed by atoms with van der Waals surface area (Å²) in [6.45, 7) is 2.30. The molecule has 33 heavy (non-hydrogen) atoms. The molecule has 0 spiro atoms. The fraction of sp³-hybridized carbons (Fsp3) is 0.240. The first-order valence-corrected chi connectivity index (χ1v) is 12.8. The fourth-order valence-electron chi connectivity index (χ4n) is 3.34. The van der Waals surface area contributed by atoms with E-state index in [0.717, 1.165) is 25.8 Å². The molecule has 8 heteroatoms. The molecule has 1 aromatic heterocycles. The molecule has 0 aliphatic carbocycles. The number of hydrogen-bond donors (Lipinski definition) is 2. The van der Waals surface area contributed by atoms with Gasteiger partial charge in [-0.3, -0.25) is 9.78 Å². The topological polar surface area (TPSA) is 88.5 Å². The standard InChI is InChI=1S/C25H25IN2O4S/c1-16-6-3-4-8-19(16)20-12-17(15-32-18-7-5-10-27-14-18)22(26)13-21(20)24(29)28-23(25(30)31)9-11-33-2/h3-8,10,12-14,23H,9,11,15H2,1-2H3,(H,28,29)(H,30,31)/t23-/m0/s1. The van der Waals surface area contributed by atoms with Crippen molar-refractivity contribution >= 4 is 46.2 Å². The van der Waals surface area contributed by atoms with Crippen molar-refractivity contribution in [3.63, 3.8) is 0 Å². The number of benzene rings is 2. The van der Waals surface area contributed by atoms with Crippen LogP contribution in [0.2, 0.25) is 0 Å². The van der Waals surface area contributed by atoms with Gasteiger partial charge in [0.2, 0.25) is 0 Å². The number of pyridine rings is 1. The number of nitrogens with zero attached hydrogens (tertiary/aromatic N) is 1. The molecule has 2 N–H and O–H groups in total. The van der Waals surface area contributed by atoms with E-state index in [0.29, 0.717) is 30.1 Å². The van der Waals surface area contributed by atoms with Crippen molar-refractivity contribution in [2.75, 3.05) is 12.0 Å². The van der Waals surface area contributed by atoms with Gasteiger partial charge in [0.25, 0.3) is 5.91 Å². The zero-order valence-corrected chi connectivity index (χ0v) is 21.4. The van der Waals surface area contributed by atoms with E-state index in [1.807, 2.05) is 55.6 Å². The Balaban J connectivity index is 1.98. The summed E-state index contributed by atoms with van der Waals surface area (Å²) in [6, 6.07) is 14.3. The Morgan fingerprint density at radius 1 is 1.18 bits per heavy atom. The van der Waals surface area contributed by atoms with Crippen molar-refractivity contribution in [2.45, 2.75) is 26.0 Å². The first-order chi connectivity index (χ1) is 15.9. The third-order valence-corrected chi connectivity index (χ3v) is 6.76. The SMILES string of the molecule is CSCC[C@H](NC(=O)c1cc(I)c(COc2cccnc2)cc1-c1ccccc1C)C(=O)O. The minimum Gasteiger partial charge on any atom is -0.487 e. The van der Waals surface area contributed by atoms with Crippen molar-refractivity contribution in [1.29, 1.82) is 0 Å². The predicted octanol–water partition coefficient (Wildman–Crippen LogP) is 5.18. The van der Waals surface area contributed by atoms with Gasteiger partial charge in [-0.05, 0) is 88.9 Å². The van der Waals surface area contributed by atoms with E-state index in [1.54, 1.807) is 30.2 Å². The van der Waals surface area contributed by atoms with E-state index < -0.39 is 17.9 Å². The molecule has 0 saturated carbocycles. The first kappa shape index (κ1) is 25.0. The Hall–Kier alpha value is -2.59. The number of aryl methyl sites for hydroxylation is 1. The van der Waals surface area contributed by atoms with Gasteiger partial charge >= 0.3 is 5.97 Å². The smallest absolute Gasteiger partial charge is 0.326 e. The highest BCUT2D eigenvalue weighted by Gasteiger charge is 2.23. The summed E-state index contributed by atoms with van der Waals surface area (Å²) in [5.41, 5.74) is 4.03. The van der Waals surface area contributed by atoms with Crippen LogP contribution < -0.4 is 10.1 Å². The van der Waals surface area contributed by atoms with Crippen LogP contribution in [0.25, 0.3) is 11.1 Å². The molecule has 172 valence electrons. The number of ether oxygens (including phenoxy) is 1. The third-order valence-electron chi connectivity index (χ3n) is 5.11. The minimum atomic E-state index is -1.04. The normalized spacial score (nSPS) is 11.6. The number of amides is 1. The van der Waals surface area contributed by atoms with Crippen LogP contribution in [0.3, 0.4) is 0 Å². The Labute approximate surface area is 211 Å². The lowest BCUT2D eigenvalue weighted by Crippen LogP contribution is -2.41. The molecule has 1 atom stereocenters.